The van der Waals surface area contributed by atoms with Gasteiger partial charge >= 0.3 is 6.61 Å². The van der Waals surface area contributed by atoms with Crippen LogP contribution in [0.1, 0.15) is 35.6 Å². The minimum atomic E-state index is -3.17. The molecule has 8 heteroatoms. The minimum Gasteiger partial charge on any atom is -0.346 e. The first-order valence-corrected chi connectivity index (χ1v) is 6.90. The maximum atomic E-state index is 13.3. The lowest BCUT2D eigenvalue weighted by atomic mass is 10.2. The Kier molecular flexibility index (Phi) is 10.1. The molecule has 0 spiro atoms. The third kappa shape index (κ3) is 8.62. The number of hydrogen-bond acceptors (Lipinski definition) is 3. The third-order valence-corrected chi connectivity index (χ3v) is 2.31. The van der Waals surface area contributed by atoms with Crippen LogP contribution in [0.15, 0.2) is 30.3 Å². The monoisotopic (exact) mass is 331 g/mol. The summed E-state index contributed by atoms with van der Waals surface area (Å²) < 4.78 is 33.1. The van der Waals surface area contributed by atoms with Gasteiger partial charge in [0.2, 0.25) is 0 Å². The molecule has 1 heterocycles. The van der Waals surface area contributed by atoms with Gasteiger partial charge in [-0.25, -0.2) is 4.39 Å². The van der Waals surface area contributed by atoms with Crippen molar-refractivity contribution in [3.63, 3.8) is 0 Å². The smallest absolute Gasteiger partial charge is 0.342 e. The molecule has 0 saturated carbocycles. The van der Waals surface area contributed by atoms with E-state index in [0.717, 1.165) is 5.69 Å². The van der Waals surface area contributed by atoms with Crippen LogP contribution in [-0.4, -0.2) is 27.8 Å². The Balaban J connectivity index is 0.000000705. The van der Waals surface area contributed by atoms with Crippen molar-refractivity contribution in [2.45, 2.75) is 33.9 Å². The number of aromatic amines is 1. The van der Waals surface area contributed by atoms with E-state index in [9.17, 15) is 18.0 Å². The molecular formula is C15H20F3N3O2. The lowest BCUT2D eigenvalue weighted by Gasteiger charge is -2.03. The molecule has 1 aromatic carbocycles. The number of aryl methyl sites for hydroxylation is 1. The van der Waals surface area contributed by atoms with Crippen LogP contribution in [0.3, 0.4) is 0 Å². The quantitative estimate of drug-likeness (QED) is 0.809. The largest absolute Gasteiger partial charge is 0.346 e. The summed E-state index contributed by atoms with van der Waals surface area (Å²) in [7, 11) is 0. The molecule has 5 nitrogen and oxygen atoms in total. The standard InChI is InChI=1S/C12H12FN3O.C2H6.CH2F2O/c1-8-6-9(16-15-8)7-14-12(17)10-4-2-3-5-11(10)13;1-2;2-1(3)4/h2-6H,7H2,1H3,(H,14,17)(H,15,16);1-2H3;1,4H. The summed E-state index contributed by atoms with van der Waals surface area (Å²) in [6.07, 6.45) is 0. The lowest BCUT2D eigenvalue weighted by Crippen LogP contribution is -2.23. The average molecular weight is 331 g/mol. The molecule has 1 amide bonds. The number of amides is 1. The fourth-order valence-electron chi connectivity index (χ4n) is 1.48. The summed E-state index contributed by atoms with van der Waals surface area (Å²) in [6.45, 7) is 2.98. The van der Waals surface area contributed by atoms with Crippen LogP contribution in [-0.2, 0) is 6.54 Å². The van der Waals surface area contributed by atoms with Gasteiger partial charge in [0.1, 0.15) is 5.82 Å². The van der Waals surface area contributed by atoms with Crippen molar-refractivity contribution in [2.75, 3.05) is 0 Å². The van der Waals surface area contributed by atoms with Gasteiger partial charge in [-0.3, -0.25) is 9.89 Å². The lowest BCUT2D eigenvalue weighted by molar-refractivity contribution is -0.0728. The molecule has 0 aliphatic heterocycles. The molecule has 0 aliphatic rings. The molecule has 0 aliphatic carbocycles. The first-order chi connectivity index (χ1) is 10.9. The van der Waals surface area contributed by atoms with Gasteiger partial charge in [0.05, 0.1) is 17.8 Å². The van der Waals surface area contributed by atoms with Gasteiger partial charge < -0.3 is 10.4 Å². The molecule has 0 unspecified atom stereocenters. The highest BCUT2D eigenvalue weighted by atomic mass is 19.3. The zero-order valence-electron chi connectivity index (χ0n) is 13.1. The van der Waals surface area contributed by atoms with Gasteiger partial charge in [0.15, 0.2) is 0 Å². The third-order valence-electron chi connectivity index (χ3n) is 2.31. The summed E-state index contributed by atoms with van der Waals surface area (Å²) in [5.41, 5.74) is 1.67. The van der Waals surface area contributed by atoms with Gasteiger partial charge in [0, 0.05) is 5.69 Å². The maximum absolute atomic E-state index is 13.3. The molecule has 0 radical (unpaired) electrons. The molecule has 0 atom stereocenters. The number of aliphatic hydroxyl groups is 1. The summed E-state index contributed by atoms with van der Waals surface area (Å²) >= 11 is 0. The number of hydrogen-bond donors (Lipinski definition) is 3. The van der Waals surface area contributed by atoms with Crippen LogP contribution in [0, 0.1) is 12.7 Å². The Hall–Kier alpha value is -2.35. The van der Waals surface area contributed by atoms with Gasteiger partial charge in [-0.15, -0.1) is 0 Å². The first kappa shape index (κ1) is 20.6. The van der Waals surface area contributed by atoms with E-state index >= 15 is 0 Å². The number of aromatic nitrogens is 2. The maximum Gasteiger partial charge on any atom is 0.342 e. The van der Waals surface area contributed by atoms with E-state index in [0.29, 0.717) is 5.69 Å². The van der Waals surface area contributed by atoms with Gasteiger partial charge in [-0.2, -0.15) is 13.9 Å². The second kappa shape index (κ2) is 11.2. The number of aliphatic hydroxyl groups excluding tert-OH is 1. The van der Waals surface area contributed by atoms with E-state index in [4.69, 9.17) is 5.11 Å². The Morgan fingerprint density at radius 2 is 1.91 bits per heavy atom. The zero-order chi connectivity index (χ0) is 17.8. The van der Waals surface area contributed by atoms with E-state index in [1.54, 1.807) is 12.1 Å². The highest BCUT2D eigenvalue weighted by Gasteiger charge is 2.10. The van der Waals surface area contributed by atoms with E-state index in [1.165, 1.54) is 12.1 Å². The van der Waals surface area contributed by atoms with Gasteiger partial charge in [-0.1, -0.05) is 26.0 Å². The predicted octanol–water partition coefficient (Wildman–Crippen LogP) is 3.01. The van der Waals surface area contributed by atoms with Crippen molar-refractivity contribution >= 4 is 5.91 Å². The highest BCUT2D eigenvalue weighted by Crippen LogP contribution is 2.06. The molecule has 0 saturated heterocycles. The number of nitrogens with zero attached hydrogens (tertiary/aromatic N) is 1. The van der Waals surface area contributed by atoms with Crippen molar-refractivity contribution in [3.05, 3.63) is 53.1 Å². The van der Waals surface area contributed by atoms with Crippen LogP contribution in [0.5, 0.6) is 0 Å². The minimum absolute atomic E-state index is 0.0414. The van der Waals surface area contributed by atoms with Crippen molar-refractivity contribution in [2.24, 2.45) is 0 Å². The van der Waals surface area contributed by atoms with E-state index in [1.807, 2.05) is 26.8 Å². The van der Waals surface area contributed by atoms with Crippen molar-refractivity contribution in [1.29, 1.82) is 0 Å². The van der Waals surface area contributed by atoms with Crippen LogP contribution in [0.2, 0.25) is 0 Å². The van der Waals surface area contributed by atoms with Gasteiger partial charge in [-0.05, 0) is 25.1 Å². The Morgan fingerprint density at radius 1 is 1.35 bits per heavy atom. The number of nitrogens with one attached hydrogen (secondary N) is 2. The SMILES string of the molecule is CC.Cc1cc(CNC(=O)c2ccccc2F)n[nH]1.OC(F)F. The second-order valence-electron chi connectivity index (χ2n) is 3.98. The molecule has 1 aromatic heterocycles. The van der Waals surface area contributed by atoms with Crippen LogP contribution in [0.4, 0.5) is 13.2 Å². The molecule has 0 bridgehead atoms. The van der Waals surface area contributed by atoms with Crippen molar-refractivity contribution in [3.8, 4) is 0 Å². The summed E-state index contributed by atoms with van der Waals surface area (Å²) in [6, 6.07) is 7.69. The molecular weight excluding hydrogens is 311 g/mol. The van der Waals surface area contributed by atoms with Crippen LogP contribution < -0.4 is 5.32 Å². The first-order valence-electron chi connectivity index (χ1n) is 6.90. The number of halogens is 3. The zero-order valence-corrected chi connectivity index (χ0v) is 13.1. The highest BCUT2D eigenvalue weighted by molar-refractivity contribution is 5.94. The topological polar surface area (TPSA) is 78.0 Å². The Bertz CT molecular complexity index is 586. The van der Waals surface area contributed by atoms with Crippen LogP contribution >= 0.6 is 0 Å². The second-order valence-corrected chi connectivity index (χ2v) is 3.98. The number of rotatable bonds is 3. The number of benzene rings is 1. The Morgan fingerprint density at radius 3 is 2.39 bits per heavy atom. The van der Waals surface area contributed by atoms with Gasteiger partial charge in [0.25, 0.3) is 5.91 Å². The average Bonchev–Trinajstić information content (AvgIpc) is 2.92. The summed E-state index contributed by atoms with van der Waals surface area (Å²) in [5.74, 6) is -0.966. The summed E-state index contributed by atoms with van der Waals surface area (Å²) in [5, 5.41) is 16.1. The number of carbonyl (C=O) groups is 1. The van der Waals surface area contributed by atoms with Crippen LogP contribution in [0.25, 0.3) is 0 Å². The number of alkyl halides is 2. The van der Waals surface area contributed by atoms with E-state index < -0.39 is 18.3 Å². The molecule has 23 heavy (non-hydrogen) atoms. The van der Waals surface area contributed by atoms with Crippen molar-refractivity contribution < 1.29 is 23.1 Å². The fraction of sp³-hybridized carbons (Fsp3) is 0.333. The summed E-state index contributed by atoms with van der Waals surface area (Å²) in [4.78, 5) is 11.7. The molecule has 128 valence electrons. The predicted molar refractivity (Wildman–Crippen MR) is 80.5 cm³/mol. The molecule has 3 N–H and O–H groups in total. The number of H-pyrrole nitrogens is 1. The fourth-order valence-corrected chi connectivity index (χ4v) is 1.48. The van der Waals surface area contributed by atoms with Crippen molar-refractivity contribution in [1.82, 2.24) is 15.5 Å². The van der Waals surface area contributed by atoms with E-state index in [2.05, 4.69) is 15.5 Å². The molecule has 0 fully saturated rings. The Labute approximate surface area is 132 Å². The molecule has 2 rings (SSSR count). The van der Waals surface area contributed by atoms with E-state index in [-0.39, 0.29) is 12.1 Å². The molecule has 2 aromatic rings. The normalized spacial score (nSPS) is 9.39. The number of carbonyl (C=O) groups excluding carboxylic acids is 1.